The Hall–Kier alpha value is -3.84. The number of amides is 1. The second kappa shape index (κ2) is 11.1. The Morgan fingerprint density at radius 1 is 1.17 bits per heavy atom. The molecule has 6 nitrogen and oxygen atoms in total. The molecule has 4 rings (SSSR count). The lowest BCUT2D eigenvalue weighted by Crippen LogP contribution is -2.16. The zero-order valence-corrected chi connectivity index (χ0v) is 21.1. The highest BCUT2D eigenvalue weighted by Crippen LogP contribution is 2.34. The molecule has 0 bridgehead atoms. The fraction of sp³-hybridized carbons (Fsp3) is 0.143. The summed E-state index contributed by atoms with van der Waals surface area (Å²) in [5.74, 6) is 0.973. The van der Waals surface area contributed by atoms with E-state index in [0.29, 0.717) is 30.1 Å². The van der Waals surface area contributed by atoms with Crippen LogP contribution in [-0.4, -0.2) is 19.2 Å². The number of aryl methyl sites for hydroxylation is 1. The van der Waals surface area contributed by atoms with Crippen molar-refractivity contribution in [1.29, 1.82) is 0 Å². The summed E-state index contributed by atoms with van der Waals surface area (Å²) in [5.41, 5.74) is 7.04. The number of halogens is 1. The van der Waals surface area contributed by atoms with Crippen LogP contribution < -0.4 is 14.9 Å². The third kappa shape index (κ3) is 6.00. The number of hydrogen-bond donors (Lipinski definition) is 1. The smallest absolute Gasteiger partial charge is 0.307 e. The Labute approximate surface area is 212 Å². The summed E-state index contributed by atoms with van der Waals surface area (Å²) in [4.78, 5) is 12.5. The number of nitrogens with one attached hydrogen (secondary N) is 1. The van der Waals surface area contributed by atoms with Crippen molar-refractivity contribution < 1.29 is 18.7 Å². The van der Waals surface area contributed by atoms with Crippen molar-refractivity contribution in [2.45, 2.75) is 20.0 Å². The van der Waals surface area contributed by atoms with Gasteiger partial charge < -0.3 is 13.9 Å². The quantitative estimate of drug-likeness (QED) is 0.150. The average Bonchev–Trinajstić information content (AvgIpc) is 3.26. The van der Waals surface area contributed by atoms with Crippen molar-refractivity contribution >= 4 is 39.0 Å². The number of allylic oxidation sites excluding steroid dienone is 1. The molecule has 0 saturated carbocycles. The highest BCUT2D eigenvalue weighted by atomic mass is 79.9. The molecule has 0 unspecified atom stereocenters. The fourth-order valence-electron chi connectivity index (χ4n) is 3.68. The van der Waals surface area contributed by atoms with E-state index < -0.39 is 5.91 Å². The number of carbonyl (C=O) groups is 1. The Bertz CT molecular complexity index is 1410. The molecule has 1 N–H and O–H groups in total. The molecule has 0 aliphatic carbocycles. The standard InChI is InChI=1S/C28H25BrN2O4/c1-4-6-21-12-20(13-25(33-3)27(21)34-17-19-8-5-7-18(2)11-19)16-30-31-28(32)26-15-22-14-23(29)9-10-24(22)35-26/h4-5,7-16H,1,6,17H2,2-3H3,(H,31,32)/b30-16+. The number of methoxy groups -OCH3 is 1. The van der Waals surface area contributed by atoms with Crippen LogP contribution in [-0.2, 0) is 13.0 Å². The zero-order chi connectivity index (χ0) is 24.8. The molecule has 1 amide bonds. The Balaban J connectivity index is 1.50. The Kier molecular flexibility index (Phi) is 7.67. The Morgan fingerprint density at radius 2 is 2.03 bits per heavy atom. The number of rotatable bonds is 9. The molecule has 0 spiro atoms. The summed E-state index contributed by atoms with van der Waals surface area (Å²) in [7, 11) is 1.59. The molecule has 4 aromatic rings. The monoisotopic (exact) mass is 532 g/mol. The summed E-state index contributed by atoms with van der Waals surface area (Å²) >= 11 is 3.41. The van der Waals surface area contributed by atoms with Gasteiger partial charge in [-0.3, -0.25) is 4.79 Å². The summed E-state index contributed by atoms with van der Waals surface area (Å²) in [6.07, 6.45) is 3.94. The molecule has 0 radical (unpaired) electrons. The van der Waals surface area contributed by atoms with Crippen LogP contribution >= 0.6 is 15.9 Å². The van der Waals surface area contributed by atoms with Gasteiger partial charge in [-0.15, -0.1) is 6.58 Å². The maximum absolute atomic E-state index is 12.5. The van der Waals surface area contributed by atoms with Gasteiger partial charge in [0.15, 0.2) is 17.3 Å². The summed E-state index contributed by atoms with van der Waals surface area (Å²) in [5, 5.41) is 4.93. The molecule has 35 heavy (non-hydrogen) atoms. The molecule has 1 heterocycles. The normalized spacial score (nSPS) is 11.1. The second-order valence-corrected chi connectivity index (χ2v) is 8.89. The van der Waals surface area contributed by atoms with E-state index in [1.807, 2.05) is 49.4 Å². The SMILES string of the molecule is C=CCc1cc(/C=N/NC(=O)c2cc3cc(Br)ccc3o2)cc(OC)c1OCc1cccc(C)c1. The number of furan rings is 1. The highest BCUT2D eigenvalue weighted by Gasteiger charge is 2.14. The molecule has 1 aromatic heterocycles. The first kappa shape index (κ1) is 24.3. The average molecular weight is 533 g/mol. The van der Waals surface area contributed by atoms with Gasteiger partial charge in [0.05, 0.1) is 13.3 Å². The molecule has 178 valence electrons. The van der Waals surface area contributed by atoms with E-state index in [1.165, 1.54) is 5.56 Å². The van der Waals surface area contributed by atoms with E-state index in [-0.39, 0.29) is 5.76 Å². The number of hydrogen-bond acceptors (Lipinski definition) is 5. The maximum atomic E-state index is 12.5. The minimum atomic E-state index is -0.440. The molecule has 7 heteroatoms. The zero-order valence-electron chi connectivity index (χ0n) is 19.5. The number of ether oxygens (including phenoxy) is 2. The van der Waals surface area contributed by atoms with E-state index in [0.717, 1.165) is 26.5 Å². The Morgan fingerprint density at radius 3 is 2.80 bits per heavy atom. The van der Waals surface area contributed by atoms with Crippen molar-refractivity contribution in [2.75, 3.05) is 7.11 Å². The topological polar surface area (TPSA) is 73.1 Å². The number of fused-ring (bicyclic) bond motifs is 1. The summed E-state index contributed by atoms with van der Waals surface area (Å²) < 4.78 is 18.3. The third-order valence-corrected chi connectivity index (χ3v) is 5.78. The van der Waals surface area contributed by atoms with Crippen molar-refractivity contribution in [3.63, 3.8) is 0 Å². The van der Waals surface area contributed by atoms with Gasteiger partial charge in [0.2, 0.25) is 0 Å². The van der Waals surface area contributed by atoms with Crippen LogP contribution in [0.3, 0.4) is 0 Å². The number of carbonyl (C=O) groups excluding carboxylic acids is 1. The molecular formula is C28H25BrN2O4. The van der Waals surface area contributed by atoms with E-state index in [2.05, 4.69) is 39.1 Å². The number of nitrogens with zero attached hydrogens (tertiary/aromatic N) is 1. The van der Waals surface area contributed by atoms with Crippen LogP contribution in [0.1, 0.15) is 32.8 Å². The van der Waals surface area contributed by atoms with Gasteiger partial charge in [-0.05, 0) is 60.9 Å². The fourth-order valence-corrected chi connectivity index (χ4v) is 4.06. The van der Waals surface area contributed by atoms with E-state index >= 15 is 0 Å². The largest absolute Gasteiger partial charge is 0.493 e. The number of hydrazone groups is 1. The van der Waals surface area contributed by atoms with Crippen molar-refractivity contribution in [3.05, 3.63) is 106 Å². The molecule has 0 aliphatic heterocycles. The van der Waals surface area contributed by atoms with Gasteiger partial charge in [0.1, 0.15) is 12.2 Å². The van der Waals surface area contributed by atoms with Gasteiger partial charge in [-0.25, -0.2) is 5.43 Å². The second-order valence-electron chi connectivity index (χ2n) is 7.97. The number of benzene rings is 3. The van der Waals surface area contributed by atoms with Crippen LogP contribution in [0.5, 0.6) is 11.5 Å². The lowest BCUT2D eigenvalue weighted by Gasteiger charge is -2.16. The first-order chi connectivity index (χ1) is 17.0. The molecule has 0 atom stereocenters. The van der Waals surface area contributed by atoms with Crippen LogP contribution in [0.15, 0.2) is 87.3 Å². The molecule has 0 aliphatic rings. The predicted molar refractivity (Wildman–Crippen MR) is 141 cm³/mol. The maximum Gasteiger partial charge on any atom is 0.307 e. The van der Waals surface area contributed by atoms with Crippen molar-refractivity contribution in [1.82, 2.24) is 5.43 Å². The van der Waals surface area contributed by atoms with Crippen LogP contribution in [0.2, 0.25) is 0 Å². The van der Waals surface area contributed by atoms with Crippen LogP contribution in [0.25, 0.3) is 11.0 Å². The van der Waals surface area contributed by atoms with Gasteiger partial charge in [0.25, 0.3) is 0 Å². The summed E-state index contributed by atoms with van der Waals surface area (Å²) in [6, 6.07) is 19.1. The van der Waals surface area contributed by atoms with E-state index in [1.54, 1.807) is 31.5 Å². The predicted octanol–water partition coefficient (Wildman–Crippen LogP) is 6.58. The minimum Gasteiger partial charge on any atom is -0.493 e. The summed E-state index contributed by atoms with van der Waals surface area (Å²) in [6.45, 7) is 6.32. The minimum absolute atomic E-state index is 0.181. The van der Waals surface area contributed by atoms with Crippen LogP contribution in [0, 0.1) is 6.92 Å². The lowest BCUT2D eigenvalue weighted by atomic mass is 10.1. The third-order valence-electron chi connectivity index (χ3n) is 5.29. The first-order valence-electron chi connectivity index (χ1n) is 11.0. The van der Waals surface area contributed by atoms with Gasteiger partial charge in [-0.2, -0.15) is 5.10 Å². The lowest BCUT2D eigenvalue weighted by molar-refractivity contribution is 0.0929. The van der Waals surface area contributed by atoms with E-state index in [9.17, 15) is 4.79 Å². The van der Waals surface area contributed by atoms with Crippen molar-refractivity contribution in [3.8, 4) is 11.5 Å². The molecule has 0 fully saturated rings. The van der Waals surface area contributed by atoms with E-state index in [4.69, 9.17) is 13.9 Å². The van der Waals surface area contributed by atoms with Gasteiger partial charge >= 0.3 is 5.91 Å². The highest BCUT2D eigenvalue weighted by molar-refractivity contribution is 9.10. The molecule has 0 saturated heterocycles. The molecular weight excluding hydrogens is 508 g/mol. The van der Waals surface area contributed by atoms with Crippen LogP contribution in [0.4, 0.5) is 0 Å². The first-order valence-corrected chi connectivity index (χ1v) is 11.8. The molecule has 3 aromatic carbocycles. The van der Waals surface area contributed by atoms with Crippen molar-refractivity contribution in [2.24, 2.45) is 5.10 Å². The van der Waals surface area contributed by atoms with Gasteiger partial charge in [0, 0.05) is 15.4 Å². The van der Waals surface area contributed by atoms with Gasteiger partial charge in [-0.1, -0.05) is 51.8 Å².